The predicted molar refractivity (Wildman–Crippen MR) is 77.2 cm³/mol. The summed E-state index contributed by atoms with van der Waals surface area (Å²) < 4.78 is 0. The fourth-order valence-electron chi connectivity index (χ4n) is 2.50. The quantitative estimate of drug-likeness (QED) is 0.891. The molecular weight excluding hydrogens is 264 g/mol. The van der Waals surface area contributed by atoms with Crippen molar-refractivity contribution in [3.63, 3.8) is 0 Å². The molecule has 0 bridgehead atoms. The highest BCUT2D eigenvalue weighted by Gasteiger charge is 2.20. The molecule has 0 saturated carbocycles. The molecule has 1 saturated heterocycles. The molecule has 1 heterocycles. The molecule has 0 amide bonds. The molecule has 0 aromatic heterocycles. The third kappa shape index (κ3) is 3.61. The van der Waals surface area contributed by atoms with Crippen LogP contribution in [0.1, 0.15) is 30.1 Å². The Bertz CT molecular complexity index is 465. The van der Waals surface area contributed by atoms with Crippen LogP contribution >= 0.6 is 11.6 Å². The number of hydrogen-bond acceptors (Lipinski definition) is 3. The maximum absolute atomic E-state index is 11.2. The zero-order valence-electron chi connectivity index (χ0n) is 11.0. The van der Waals surface area contributed by atoms with Crippen molar-refractivity contribution in [2.75, 3.05) is 25.0 Å². The van der Waals surface area contributed by atoms with Crippen LogP contribution < -0.4 is 5.32 Å². The normalized spacial score (nSPS) is 20.2. The third-order valence-corrected chi connectivity index (χ3v) is 3.76. The van der Waals surface area contributed by atoms with E-state index in [9.17, 15) is 9.90 Å². The molecule has 0 spiro atoms. The zero-order valence-corrected chi connectivity index (χ0v) is 11.8. The Morgan fingerprint density at radius 1 is 1.58 bits per heavy atom. The molecule has 1 unspecified atom stereocenters. The van der Waals surface area contributed by atoms with Crippen molar-refractivity contribution < 1.29 is 9.90 Å². The van der Waals surface area contributed by atoms with Gasteiger partial charge in [0.25, 0.3) is 0 Å². The molecule has 1 aromatic rings. The number of benzene rings is 1. The average molecular weight is 283 g/mol. The molecule has 1 aromatic carbocycles. The van der Waals surface area contributed by atoms with E-state index in [0.29, 0.717) is 10.7 Å². The van der Waals surface area contributed by atoms with Gasteiger partial charge in [0.2, 0.25) is 0 Å². The number of anilines is 1. The summed E-state index contributed by atoms with van der Waals surface area (Å²) in [6.07, 6.45) is 2.19. The Kier molecular flexibility index (Phi) is 4.66. The number of carboxylic acids is 1. The number of halogens is 1. The van der Waals surface area contributed by atoms with Crippen LogP contribution in [0.3, 0.4) is 0 Å². The van der Waals surface area contributed by atoms with Crippen molar-refractivity contribution in [3.8, 4) is 0 Å². The summed E-state index contributed by atoms with van der Waals surface area (Å²) >= 11 is 5.95. The molecule has 5 heteroatoms. The van der Waals surface area contributed by atoms with Gasteiger partial charge in [0.05, 0.1) is 11.3 Å². The molecule has 19 heavy (non-hydrogen) atoms. The standard InChI is InChI=1S/C14H19ClN2O2/c1-2-17-7-3-4-11(9-17)16-13-8-10(15)5-6-12(13)14(18)19/h5-6,8,11,16H,2-4,7,9H2,1H3,(H,18,19). The van der Waals surface area contributed by atoms with Crippen LogP contribution in [0.2, 0.25) is 5.02 Å². The van der Waals surface area contributed by atoms with Crippen molar-refractivity contribution in [2.45, 2.75) is 25.8 Å². The van der Waals surface area contributed by atoms with E-state index in [1.165, 1.54) is 0 Å². The van der Waals surface area contributed by atoms with Gasteiger partial charge in [-0.25, -0.2) is 4.79 Å². The summed E-state index contributed by atoms with van der Waals surface area (Å²) in [6, 6.07) is 5.13. The van der Waals surface area contributed by atoms with Crippen molar-refractivity contribution in [1.82, 2.24) is 4.90 Å². The molecule has 1 atom stereocenters. The van der Waals surface area contributed by atoms with E-state index >= 15 is 0 Å². The summed E-state index contributed by atoms with van der Waals surface area (Å²) in [7, 11) is 0. The molecule has 0 radical (unpaired) electrons. The Labute approximate surface area is 118 Å². The van der Waals surface area contributed by atoms with E-state index < -0.39 is 5.97 Å². The number of nitrogens with zero attached hydrogens (tertiary/aromatic N) is 1. The summed E-state index contributed by atoms with van der Waals surface area (Å²) in [6.45, 7) is 5.24. The van der Waals surface area contributed by atoms with Crippen LogP contribution in [0.15, 0.2) is 18.2 Å². The molecule has 0 aliphatic carbocycles. The summed E-state index contributed by atoms with van der Waals surface area (Å²) in [5.74, 6) is -0.928. The van der Waals surface area contributed by atoms with E-state index in [4.69, 9.17) is 11.6 Å². The number of piperidine rings is 1. The second kappa shape index (κ2) is 6.26. The van der Waals surface area contributed by atoms with Gasteiger partial charge in [-0.05, 0) is 44.1 Å². The Hall–Kier alpha value is -1.26. The third-order valence-electron chi connectivity index (χ3n) is 3.52. The van der Waals surface area contributed by atoms with Crippen molar-refractivity contribution in [1.29, 1.82) is 0 Å². The smallest absolute Gasteiger partial charge is 0.337 e. The summed E-state index contributed by atoms with van der Waals surface area (Å²) in [5, 5.41) is 13.1. The van der Waals surface area contributed by atoms with E-state index in [-0.39, 0.29) is 11.6 Å². The molecule has 2 rings (SSSR count). The molecule has 2 N–H and O–H groups in total. The first-order valence-electron chi connectivity index (χ1n) is 6.62. The second-order valence-corrected chi connectivity index (χ2v) is 5.31. The van der Waals surface area contributed by atoms with Gasteiger partial charge < -0.3 is 15.3 Å². The Morgan fingerprint density at radius 2 is 2.37 bits per heavy atom. The minimum atomic E-state index is -0.928. The molecule has 104 valence electrons. The summed E-state index contributed by atoms with van der Waals surface area (Å²) in [5.41, 5.74) is 0.890. The first kappa shape index (κ1) is 14.2. The van der Waals surface area contributed by atoms with Crippen molar-refractivity contribution in [2.24, 2.45) is 0 Å². The number of aromatic carboxylic acids is 1. The minimum absolute atomic E-state index is 0.276. The monoisotopic (exact) mass is 282 g/mol. The van der Waals surface area contributed by atoms with Crippen molar-refractivity contribution in [3.05, 3.63) is 28.8 Å². The van der Waals surface area contributed by atoms with E-state index in [2.05, 4.69) is 17.1 Å². The maximum atomic E-state index is 11.2. The SMILES string of the molecule is CCN1CCCC(Nc2cc(Cl)ccc2C(=O)O)C1. The van der Waals surface area contributed by atoms with Crippen LogP contribution in [0, 0.1) is 0 Å². The van der Waals surface area contributed by atoms with E-state index in [1.807, 2.05) is 0 Å². The fraction of sp³-hybridized carbons (Fsp3) is 0.500. The summed E-state index contributed by atoms with van der Waals surface area (Å²) in [4.78, 5) is 13.6. The number of nitrogens with one attached hydrogen (secondary N) is 1. The number of likely N-dealkylation sites (N-methyl/N-ethyl adjacent to an activating group) is 1. The number of carbonyl (C=O) groups is 1. The zero-order chi connectivity index (χ0) is 13.8. The number of carboxylic acid groups (broad SMARTS) is 1. The second-order valence-electron chi connectivity index (χ2n) is 4.87. The molecule has 1 aliphatic rings. The first-order valence-corrected chi connectivity index (χ1v) is 6.99. The van der Waals surface area contributed by atoms with Gasteiger partial charge in [0.15, 0.2) is 0 Å². The number of hydrogen-bond donors (Lipinski definition) is 2. The Balaban J connectivity index is 2.13. The van der Waals surface area contributed by atoms with E-state index in [0.717, 1.165) is 32.5 Å². The van der Waals surface area contributed by atoms with Gasteiger partial charge in [0.1, 0.15) is 0 Å². The van der Waals surface area contributed by atoms with Gasteiger partial charge in [-0.15, -0.1) is 0 Å². The largest absolute Gasteiger partial charge is 0.478 e. The van der Waals surface area contributed by atoms with Crippen molar-refractivity contribution >= 4 is 23.3 Å². The lowest BCUT2D eigenvalue weighted by atomic mass is 10.0. The fourth-order valence-corrected chi connectivity index (χ4v) is 2.67. The highest BCUT2D eigenvalue weighted by atomic mass is 35.5. The molecule has 1 aliphatic heterocycles. The van der Waals surface area contributed by atoms with E-state index in [1.54, 1.807) is 18.2 Å². The van der Waals surface area contributed by atoms with Crippen LogP contribution in [0.4, 0.5) is 5.69 Å². The van der Waals surface area contributed by atoms with Gasteiger partial charge >= 0.3 is 5.97 Å². The van der Waals surface area contributed by atoms with Crippen LogP contribution in [0.5, 0.6) is 0 Å². The van der Waals surface area contributed by atoms with Gasteiger partial charge in [-0.1, -0.05) is 18.5 Å². The minimum Gasteiger partial charge on any atom is -0.478 e. The van der Waals surface area contributed by atoms with Crippen LogP contribution in [0.25, 0.3) is 0 Å². The topological polar surface area (TPSA) is 52.6 Å². The molecular formula is C14H19ClN2O2. The lowest BCUT2D eigenvalue weighted by Gasteiger charge is -2.33. The molecule has 1 fully saturated rings. The van der Waals surface area contributed by atoms with Crippen LogP contribution in [-0.4, -0.2) is 41.7 Å². The van der Waals surface area contributed by atoms with Crippen LogP contribution in [-0.2, 0) is 0 Å². The highest BCUT2D eigenvalue weighted by molar-refractivity contribution is 6.31. The average Bonchev–Trinajstić information content (AvgIpc) is 2.38. The highest BCUT2D eigenvalue weighted by Crippen LogP contribution is 2.24. The lowest BCUT2D eigenvalue weighted by Crippen LogP contribution is -2.42. The number of likely N-dealkylation sites (tertiary alicyclic amines) is 1. The van der Waals surface area contributed by atoms with Gasteiger partial charge in [0, 0.05) is 17.6 Å². The Morgan fingerprint density at radius 3 is 3.05 bits per heavy atom. The predicted octanol–water partition coefficient (Wildman–Crippen LogP) is 2.93. The molecule has 4 nitrogen and oxygen atoms in total. The van der Waals surface area contributed by atoms with Gasteiger partial charge in [-0.3, -0.25) is 0 Å². The van der Waals surface area contributed by atoms with Gasteiger partial charge in [-0.2, -0.15) is 0 Å². The number of rotatable bonds is 4. The maximum Gasteiger partial charge on any atom is 0.337 e. The lowest BCUT2D eigenvalue weighted by molar-refractivity contribution is 0.0698. The first-order chi connectivity index (χ1) is 9.10.